The molecule has 0 aromatic rings. The minimum Gasteiger partial charge on any atom is -0.457 e. The third-order valence-electron chi connectivity index (χ3n) is 10.7. The number of carbonyl (C=O) groups excluding carboxylic acids is 3. The second-order valence-corrected chi connectivity index (χ2v) is 14.6. The molecular weight excluding hydrogens is 646 g/mol. The van der Waals surface area contributed by atoms with Crippen molar-refractivity contribution in [2.24, 2.45) is 17.8 Å². The number of aliphatic hydroxyl groups is 1. The first-order chi connectivity index (χ1) is 22.9. The first kappa shape index (κ1) is 41.4. The monoisotopic (exact) mass is 706 g/mol. The minimum atomic E-state index is -2.53. The number of amides is 1. The maximum Gasteiger partial charge on any atom is 0.408 e. The van der Waals surface area contributed by atoms with Gasteiger partial charge in [0.15, 0.2) is 17.7 Å². The topological polar surface area (TPSA) is 157 Å². The Morgan fingerprint density at radius 2 is 1.82 bits per heavy atom. The lowest BCUT2D eigenvalue weighted by atomic mass is 9.78. The van der Waals surface area contributed by atoms with Crippen molar-refractivity contribution in [2.75, 3.05) is 40.8 Å². The van der Waals surface area contributed by atoms with Crippen LogP contribution in [-0.2, 0) is 33.3 Å². The molecule has 13 atom stereocenters. The standard InChI is InChI=1S/C34H60F2N4O9/c1-11-24-34(12-2)28(39-32(44)49-34)21(6)38-15-18(3)14-33(7,45-10)29(19(4)26(41)20(5)30(43)47-24)48-31-27(42)23(40(8)9)13-22(46-31)16-37-17-25(35)36/h18-25,27-29,31,37-38,42H,11-17H2,1-10H3,(H,39,44)/t18-,19+,20?,21-,22?,23?,24-,27?,28-,29-,31?,33-,34-/m1/s1. The van der Waals surface area contributed by atoms with Crippen molar-refractivity contribution in [2.45, 2.75) is 141 Å². The van der Waals surface area contributed by atoms with Gasteiger partial charge in [0.05, 0.1) is 30.4 Å². The molecule has 3 saturated heterocycles. The first-order valence-electron chi connectivity index (χ1n) is 17.6. The number of fused-ring (bicyclic) bond motifs is 1. The predicted octanol–water partition coefficient (Wildman–Crippen LogP) is 2.48. The van der Waals surface area contributed by atoms with Crippen LogP contribution in [-0.4, -0.2) is 135 Å². The fourth-order valence-corrected chi connectivity index (χ4v) is 7.83. The van der Waals surface area contributed by atoms with Crippen LogP contribution in [0.15, 0.2) is 0 Å². The molecule has 13 nitrogen and oxygen atoms in total. The summed E-state index contributed by atoms with van der Waals surface area (Å²) in [5, 5.41) is 20.6. The molecule has 3 rings (SSSR count). The summed E-state index contributed by atoms with van der Waals surface area (Å²) in [7, 11) is 5.12. The number of esters is 1. The zero-order chi connectivity index (χ0) is 36.8. The van der Waals surface area contributed by atoms with Crippen LogP contribution in [0.3, 0.4) is 0 Å². The van der Waals surface area contributed by atoms with Gasteiger partial charge in [-0.25, -0.2) is 13.6 Å². The highest BCUT2D eigenvalue weighted by molar-refractivity contribution is 6.00. The number of rotatable bonds is 10. The van der Waals surface area contributed by atoms with E-state index < -0.39 is 96.6 Å². The van der Waals surface area contributed by atoms with Crippen molar-refractivity contribution < 1.29 is 52.0 Å². The van der Waals surface area contributed by atoms with Crippen molar-refractivity contribution in [3.05, 3.63) is 0 Å². The van der Waals surface area contributed by atoms with Gasteiger partial charge in [-0.2, -0.15) is 0 Å². The molecule has 0 aromatic carbocycles. The van der Waals surface area contributed by atoms with Crippen molar-refractivity contribution in [1.29, 1.82) is 0 Å². The smallest absolute Gasteiger partial charge is 0.408 e. The molecule has 0 aliphatic carbocycles. The van der Waals surface area contributed by atoms with E-state index in [1.807, 2.05) is 39.5 Å². The molecule has 0 saturated carbocycles. The summed E-state index contributed by atoms with van der Waals surface area (Å²) >= 11 is 0. The van der Waals surface area contributed by atoms with Crippen LogP contribution < -0.4 is 16.0 Å². The van der Waals surface area contributed by atoms with E-state index in [4.69, 9.17) is 23.7 Å². The van der Waals surface area contributed by atoms with E-state index >= 15 is 0 Å². The lowest BCUT2D eigenvalue weighted by molar-refractivity contribution is -0.297. The molecule has 0 spiro atoms. The molecule has 1 amide bonds. The largest absolute Gasteiger partial charge is 0.457 e. The highest BCUT2D eigenvalue weighted by atomic mass is 19.3. The van der Waals surface area contributed by atoms with Crippen molar-refractivity contribution >= 4 is 17.8 Å². The molecule has 15 heteroatoms. The Morgan fingerprint density at radius 3 is 2.39 bits per heavy atom. The van der Waals surface area contributed by atoms with Gasteiger partial charge < -0.3 is 49.6 Å². The molecule has 4 N–H and O–H groups in total. The highest BCUT2D eigenvalue weighted by Gasteiger charge is 2.57. The number of carbonyl (C=O) groups is 3. The van der Waals surface area contributed by atoms with Crippen LogP contribution in [0.2, 0.25) is 0 Å². The summed E-state index contributed by atoms with van der Waals surface area (Å²) in [6, 6.07) is -1.24. The van der Waals surface area contributed by atoms with E-state index in [-0.39, 0.29) is 18.5 Å². The summed E-state index contributed by atoms with van der Waals surface area (Å²) < 4.78 is 56.6. The van der Waals surface area contributed by atoms with Crippen LogP contribution in [0.5, 0.6) is 0 Å². The van der Waals surface area contributed by atoms with Crippen LogP contribution in [0, 0.1) is 17.8 Å². The van der Waals surface area contributed by atoms with Crippen molar-refractivity contribution in [3.8, 4) is 0 Å². The van der Waals surface area contributed by atoms with Gasteiger partial charge in [0.25, 0.3) is 6.43 Å². The molecule has 0 bridgehead atoms. The van der Waals surface area contributed by atoms with Gasteiger partial charge in [0, 0.05) is 31.7 Å². The fraction of sp³-hybridized carbons (Fsp3) is 0.912. The summed E-state index contributed by atoms with van der Waals surface area (Å²) in [6.07, 6.45) is -6.44. The highest BCUT2D eigenvalue weighted by Crippen LogP contribution is 2.39. The Hall–Kier alpha value is -2.01. The van der Waals surface area contributed by atoms with Gasteiger partial charge in [-0.1, -0.05) is 27.7 Å². The van der Waals surface area contributed by atoms with Crippen LogP contribution in [0.4, 0.5) is 13.6 Å². The van der Waals surface area contributed by atoms with Crippen LogP contribution in [0.25, 0.3) is 0 Å². The van der Waals surface area contributed by atoms with E-state index in [0.717, 1.165) is 0 Å². The van der Waals surface area contributed by atoms with Gasteiger partial charge in [0.1, 0.15) is 18.1 Å². The zero-order valence-corrected chi connectivity index (χ0v) is 30.8. The van der Waals surface area contributed by atoms with Crippen LogP contribution >= 0.6 is 0 Å². The molecule has 284 valence electrons. The summed E-state index contributed by atoms with van der Waals surface area (Å²) in [6.45, 7) is 12.7. The van der Waals surface area contributed by atoms with Gasteiger partial charge in [-0.3, -0.25) is 9.59 Å². The van der Waals surface area contributed by atoms with E-state index in [1.54, 1.807) is 21.0 Å². The number of alkyl carbamates (subject to hydrolysis) is 1. The summed E-state index contributed by atoms with van der Waals surface area (Å²) in [5.41, 5.74) is -2.28. The quantitative estimate of drug-likeness (QED) is 0.195. The zero-order valence-electron chi connectivity index (χ0n) is 30.8. The Balaban J connectivity index is 2.02. The van der Waals surface area contributed by atoms with Gasteiger partial charge in [-0.05, 0) is 73.0 Å². The molecule has 3 fully saturated rings. The first-order valence-corrected chi connectivity index (χ1v) is 17.6. The Kier molecular flexibility index (Phi) is 14.8. The predicted molar refractivity (Wildman–Crippen MR) is 177 cm³/mol. The number of ketones is 1. The molecule has 0 radical (unpaired) electrons. The van der Waals surface area contributed by atoms with E-state index in [9.17, 15) is 28.3 Å². The minimum absolute atomic E-state index is 0.0460. The molecule has 3 aliphatic heterocycles. The number of ether oxygens (including phenoxy) is 5. The molecule has 5 unspecified atom stereocenters. The van der Waals surface area contributed by atoms with Crippen molar-refractivity contribution in [1.82, 2.24) is 20.9 Å². The number of hydrogen-bond acceptors (Lipinski definition) is 12. The third kappa shape index (κ3) is 9.46. The maximum absolute atomic E-state index is 14.2. The maximum atomic E-state index is 14.2. The number of halogens is 2. The average molecular weight is 707 g/mol. The Bertz CT molecular complexity index is 1120. The molecular formula is C34H60F2N4O9. The lowest BCUT2D eigenvalue weighted by Crippen LogP contribution is -2.61. The number of aliphatic hydroxyl groups excluding tert-OH is 1. The second kappa shape index (κ2) is 17.5. The molecule has 3 aliphatic rings. The lowest BCUT2D eigenvalue weighted by Gasteiger charge is -2.47. The third-order valence-corrected chi connectivity index (χ3v) is 10.7. The number of nitrogens with zero attached hydrogens (tertiary/aromatic N) is 1. The summed E-state index contributed by atoms with van der Waals surface area (Å²) in [4.78, 5) is 42.3. The van der Waals surface area contributed by atoms with Gasteiger partial charge >= 0.3 is 12.1 Å². The Morgan fingerprint density at radius 1 is 1.14 bits per heavy atom. The number of Topliss-reactive ketones (excluding diaryl/α,β-unsaturated/α-hetero) is 1. The molecule has 3 heterocycles. The normalized spacial score (nSPS) is 41.4. The molecule has 49 heavy (non-hydrogen) atoms. The molecule has 0 aromatic heterocycles. The second-order valence-electron chi connectivity index (χ2n) is 14.6. The SMILES string of the molecule is CC[C@H]1OC(=O)C(C)C(=O)[C@H](C)[C@@H](OC2OC(CNCC(F)F)CC(N(C)C)C2O)[C@](C)(OC)C[C@@H](C)CN[C@H](C)[C@H]2NC(=O)O[C@@]21CC. The number of hydrogen-bond donors (Lipinski definition) is 4. The Labute approximate surface area is 289 Å². The van der Waals surface area contributed by atoms with Crippen molar-refractivity contribution in [3.63, 3.8) is 0 Å². The van der Waals surface area contributed by atoms with E-state index in [1.165, 1.54) is 14.0 Å². The van der Waals surface area contributed by atoms with E-state index in [0.29, 0.717) is 32.2 Å². The summed E-state index contributed by atoms with van der Waals surface area (Å²) in [5.74, 6) is -3.43. The van der Waals surface area contributed by atoms with Gasteiger partial charge in [0.2, 0.25) is 0 Å². The van der Waals surface area contributed by atoms with Gasteiger partial charge in [-0.15, -0.1) is 0 Å². The number of alkyl halides is 2. The fourth-order valence-electron chi connectivity index (χ4n) is 7.83. The number of likely N-dealkylation sites (N-methyl/N-ethyl adjacent to an activating group) is 1. The number of methoxy groups -OCH3 is 1. The number of cyclic esters (lactones) is 1. The van der Waals surface area contributed by atoms with E-state index in [2.05, 4.69) is 16.0 Å². The number of nitrogens with one attached hydrogen (secondary N) is 3. The average Bonchev–Trinajstić information content (AvgIpc) is 3.41. The van der Waals surface area contributed by atoms with Crippen LogP contribution in [0.1, 0.15) is 74.1 Å².